The molecule has 92 valence electrons. The second-order valence-electron chi connectivity index (χ2n) is 3.46. The van der Waals surface area contributed by atoms with E-state index in [1.165, 1.54) is 0 Å². The first kappa shape index (κ1) is 11.6. The van der Waals surface area contributed by atoms with E-state index in [9.17, 15) is 0 Å². The average Bonchev–Trinajstić information content (AvgIpc) is 2.92. The zero-order valence-corrected chi connectivity index (χ0v) is 10.8. The Morgan fingerprint density at radius 3 is 2.61 bits per heavy atom. The number of imidazole rings is 1. The Labute approximate surface area is 115 Å². The normalized spacial score (nSPS) is 11.3. The number of nitrogens with one attached hydrogen (secondary N) is 1. The Kier molecular flexibility index (Phi) is 2.58. The van der Waals surface area contributed by atoms with Gasteiger partial charge in [-0.05, 0) is 16.4 Å². The molecular weight excluding hydrogens is 300 g/mol. The highest BCUT2D eigenvalue weighted by Crippen LogP contribution is 2.36. The molecule has 0 aliphatic carbocycles. The van der Waals surface area contributed by atoms with E-state index in [1.54, 1.807) is 6.07 Å². The predicted octanol–water partition coefficient (Wildman–Crippen LogP) is 3.16. The maximum Gasteiger partial charge on any atom is 0.199 e. The van der Waals surface area contributed by atoms with E-state index in [0.717, 1.165) is 0 Å². The molecule has 2 aromatic heterocycles. The van der Waals surface area contributed by atoms with Gasteiger partial charge in [0.2, 0.25) is 0 Å². The summed E-state index contributed by atoms with van der Waals surface area (Å²) in [6.07, 6.45) is 0. The number of aromatic nitrogens is 4. The summed E-state index contributed by atoms with van der Waals surface area (Å²) in [6, 6.07) is 1.59. The van der Waals surface area contributed by atoms with Gasteiger partial charge in [-0.25, -0.2) is 9.61 Å². The molecule has 0 amide bonds. The van der Waals surface area contributed by atoms with Crippen molar-refractivity contribution in [2.24, 2.45) is 0 Å². The number of aromatic amines is 1. The molecule has 0 atom stereocenters. The predicted molar refractivity (Wildman–Crippen MR) is 68.8 cm³/mol. The standard InChI is InChI=1S/C9H4Cl3N5O/c10-2-1-3-6(5(12)4(2)11)15-9(14-3)7-8(13)17-18-16-7/h1H,(H2,13,17)(H,14,15). The molecule has 18 heavy (non-hydrogen) atoms. The van der Waals surface area contributed by atoms with Crippen LogP contribution >= 0.6 is 34.8 Å². The first-order chi connectivity index (χ1) is 8.58. The number of anilines is 1. The molecule has 0 saturated heterocycles. The highest BCUT2D eigenvalue weighted by Gasteiger charge is 2.17. The monoisotopic (exact) mass is 303 g/mol. The molecule has 9 heteroatoms. The summed E-state index contributed by atoms with van der Waals surface area (Å²) in [6.45, 7) is 0. The van der Waals surface area contributed by atoms with Gasteiger partial charge >= 0.3 is 0 Å². The summed E-state index contributed by atoms with van der Waals surface area (Å²) in [5.74, 6) is 0.506. The first-order valence-electron chi connectivity index (χ1n) is 4.69. The van der Waals surface area contributed by atoms with Crippen molar-refractivity contribution in [3.63, 3.8) is 0 Å². The lowest BCUT2D eigenvalue weighted by atomic mass is 10.3. The number of H-pyrrole nitrogens is 1. The van der Waals surface area contributed by atoms with Gasteiger partial charge in [-0.2, -0.15) is 0 Å². The van der Waals surface area contributed by atoms with Crippen molar-refractivity contribution < 1.29 is 4.63 Å². The van der Waals surface area contributed by atoms with Crippen molar-refractivity contribution in [2.45, 2.75) is 0 Å². The van der Waals surface area contributed by atoms with Gasteiger partial charge in [-0.15, -0.1) is 0 Å². The van der Waals surface area contributed by atoms with Crippen LogP contribution in [0.5, 0.6) is 0 Å². The average molecular weight is 305 g/mol. The Morgan fingerprint density at radius 1 is 1.17 bits per heavy atom. The molecule has 0 aliphatic heterocycles. The summed E-state index contributed by atoms with van der Waals surface area (Å²) in [5.41, 5.74) is 6.97. The maximum absolute atomic E-state index is 6.07. The number of nitrogen functional groups attached to an aromatic ring is 1. The fraction of sp³-hybridized carbons (Fsp3) is 0. The van der Waals surface area contributed by atoms with Gasteiger partial charge < -0.3 is 10.7 Å². The zero-order chi connectivity index (χ0) is 12.9. The summed E-state index contributed by atoms with van der Waals surface area (Å²) in [7, 11) is 0. The minimum absolute atomic E-state index is 0.127. The van der Waals surface area contributed by atoms with Crippen LogP contribution in [0.4, 0.5) is 5.82 Å². The van der Waals surface area contributed by atoms with E-state index in [0.29, 0.717) is 27.6 Å². The van der Waals surface area contributed by atoms with Gasteiger partial charge in [0.25, 0.3) is 0 Å². The molecule has 0 unspecified atom stereocenters. The maximum atomic E-state index is 6.07. The number of hydrogen-bond donors (Lipinski definition) is 2. The van der Waals surface area contributed by atoms with Crippen LogP contribution in [0.3, 0.4) is 0 Å². The molecule has 0 aliphatic rings. The Bertz CT molecular complexity index is 750. The summed E-state index contributed by atoms with van der Waals surface area (Å²) < 4.78 is 4.50. The quantitative estimate of drug-likeness (QED) is 0.673. The van der Waals surface area contributed by atoms with Gasteiger partial charge in [0.05, 0.1) is 26.1 Å². The van der Waals surface area contributed by atoms with Crippen LogP contribution in [0, 0.1) is 0 Å². The highest BCUT2D eigenvalue weighted by molar-refractivity contribution is 6.50. The van der Waals surface area contributed by atoms with E-state index in [4.69, 9.17) is 40.5 Å². The zero-order valence-electron chi connectivity index (χ0n) is 8.54. The Morgan fingerprint density at radius 2 is 1.94 bits per heavy atom. The second kappa shape index (κ2) is 4.01. The fourth-order valence-corrected chi connectivity index (χ4v) is 2.17. The molecule has 0 radical (unpaired) electrons. The van der Waals surface area contributed by atoms with Crippen LogP contribution < -0.4 is 5.73 Å². The van der Waals surface area contributed by atoms with E-state index < -0.39 is 0 Å². The lowest BCUT2D eigenvalue weighted by molar-refractivity contribution is 0.310. The second-order valence-corrected chi connectivity index (χ2v) is 4.63. The van der Waals surface area contributed by atoms with E-state index in [1.807, 2.05) is 0 Å². The van der Waals surface area contributed by atoms with Crippen LogP contribution in [0.1, 0.15) is 0 Å². The lowest BCUT2D eigenvalue weighted by Crippen LogP contribution is -1.89. The molecular formula is C9H4Cl3N5O. The van der Waals surface area contributed by atoms with Crippen LogP contribution in [0.2, 0.25) is 15.1 Å². The molecule has 0 saturated carbocycles. The van der Waals surface area contributed by atoms with Crippen molar-refractivity contribution in [3.8, 4) is 11.5 Å². The third kappa shape index (κ3) is 1.61. The van der Waals surface area contributed by atoms with Crippen LogP contribution in [-0.4, -0.2) is 20.3 Å². The molecule has 0 bridgehead atoms. The molecule has 3 N–H and O–H groups in total. The van der Waals surface area contributed by atoms with Crippen molar-refractivity contribution >= 4 is 51.7 Å². The number of benzene rings is 1. The number of rotatable bonds is 1. The van der Waals surface area contributed by atoms with Crippen LogP contribution in [0.25, 0.3) is 22.6 Å². The molecule has 0 spiro atoms. The van der Waals surface area contributed by atoms with Crippen molar-refractivity contribution in [1.29, 1.82) is 0 Å². The molecule has 0 fully saturated rings. The Hall–Kier alpha value is -1.50. The number of nitrogens with zero attached hydrogens (tertiary/aromatic N) is 3. The SMILES string of the molecule is Nc1nonc1-c1nc2cc(Cl)c(Cl)c(Cl)c2[nH]1. The van der Waals surface area contributed by atoms with Gasteiger partial charge in [-0.1, -0.05) is 34.8 Å². The minimum atomic E-state index is 0.127. The van der Waals surface area contributed by atoms with Gasteiger partial charge in [-0.3, -0.25) is 0 Å². The Balaban J connectivity index is 2.30. The molecule has 6 nitrogen and oxygen atoms in total. The third-order valence-corrected chi connectivity index (χ3v) is 3.62. The molecule has 3 aromatic rings. The van der Waals surface area contributed by atoms with E-state index >= 15 is 0 Å². The van der Waals surface area contributed by atoms with Crippen molar-refractivity contribution in [1.82, 2.24) is 20.3 Å². The minimum Gasteiger partial charge on any atom is -0.379 e. The van der Waals surface area contributed by atoms with Crippen LogP contribution in [0.15, 0.2) is 10.7 Å². The molecule has 2 heterocycles. The van der Waals surface area contributed by atoms with E-state index in [2.05, 4.69) is 24.9 Å². The van der Waals surface area contributed by atoms with Crippen molar-refractivity contribution in [2.75, 3.05) is 5.73 Å². The number of halogens is 3. The van der Waals surface area contributed by atoms with Crippen LogP contribution in [-0.2, 0) is 0 Å². The van der Waals surface area contributed by atoms with Gasteiger partial charge in [0, 0.05) is 0 Å². The van der Waals surface area contributed by atoms with Gasteiger partial charge in [0.15, 0.2) is 17.3 Å². The summed E-state index contributed by atoms with van der Waals surface area (Å²) in [5, 5.41) is 7.97. The number of hydrogen-bond acceptors (Lipinski definition) is 5. The van der Waals surface area contributed by atoms with Gasteiger partial charge in [0.1, 0.15) is 0 Å². The third-order valence-electron chi connectivity index (χ3n) is 2.36. The van der Waals surface area contributed by atoms with E-state index in [-0.39, 0.29) is 15.9 Å². The van der Waals surface area contributed by atoms with Crippen molar-refractivity contribution in [3.05, 3.63) is 21.1 Å². The smallest absolute Gasteiger partial charge is 0.199 e. The number of fused-ring (bicyclic) bond motifs is 1. The topological polar surface area (TPSA) is 93.6 Å². The molecule has 1 aromatic carbocycles. The highest BCUT2D eigenvalue weighted by atomic mass is 35.5. The fourth-order valence-electron chi connectivity index (χ4n) is 1.53. The summed E-state index contributed by atoms with van der Waals surface area (Å²) >= 11 is 17.9. The summed E-state index contributed by atoms with van der Waals surface area (Å²) in [4.78, 5) is 7.20. The first-order valence-corrected chi connectivity index (χ1v) is 5.83. The molecule has 3 rings (SSSR count). The lowest BCUT2D eigenvalue weighted by Gasteiger charge is -1.98. The number of nitrogens with two attached hydrogens (primary N) is 1. The largest absolute Gasteiger partial charge is 0.379 e.